The third-order valence-corrected chi connectivity index (χ3v) is 6.95. The third kappa shape index (κ3) is 5.62. The molecule has 33 heavy (non-hydrogen) atoms. The van der Waals surface area contributed by atoms with Crippen molar-refractivity contribution in [2.45, 2.75) is 43.9 Å². The van der Waals surface area contributed by atoms with Crippen molar-refractivity contribution in [2.24, 2.45) is 5.92 Å². The van der Waals surface area contributed by atoms with Gasteiger partial charge < -0.3 is 14.4 Å². The molecule has 0 N–H and O–H groups in total. The summed E-state index contributed by atoms with van der Waals surface area (Å²) in [5, 5.41) is 1.73. The Hall–Kier alpha value is -2.30. The van der Waals surface area contributed by atoms with E-state index >= 15 is 0 Å². The van der Waals surface area contributed by atoms with Crippen LogP contribution in [-0.4, -0.2) is 54.2 Å². The van der Waals surface area contributed by atoms with Crippen LogP contribution >= 0.6 is 11.3 Å². The second-order valence-electron chi connectivity index (χ2n) is 8.49. The van der Waals surface area contributed by atoms with E-state index in [1.165, 1.54) is 22.5 Å². The highest BCUT2D eigenvalue weighted by molar-refractivity contribution is 7.07. The van der Waals surface area contributed by atoms with Crippen LogP contribution in [0.25, 0.3) is 0 Å². The van der Waals surface area contributed by atoms with Gasteiger partial charge in [0.2, 0.25) is 0 Å². The summed E-state index contributed by atoms with van der Waals surface area (Å²) in [5.74, 6) is -4.60. The molecule has 0 amide bonds. The van der Waals surface area contributed by atoms with E-state index in [4.69, 9.17) is 4.74 Å². The molecule has 1 saturated heterocycles. The number of aryl methyl sites for hydroxylation is 1. The lowest BCUT2D eigenvalue weighted by molar-refractivity contribution is -0.203. The van der Waals surface area contributed by atoms with E-state index in [1.54, 1.807) is 10.9 Å². The Balaban J connectivity index is 1.45. The standard InChI is InChI=1S/C23H25F3N2O4S/c24-23(25,26)21(30)32-20(29)17(12-18-14-33-15-27-18)13-28-9-7-22(8-10-28)19-6-2-1-4-16(19)5-3-11-31-22/h1-2,4,6,14-15,17H,3,5,7-13H2. The topological polar surface area (TPSA) is 68.7 Å². The molecule has 6 nitrogen and oxygen atoms in total. The first-order chi connectivity index (χ1) is 15.8. The number of likely N-dealkylation sites (tertiary alicyclic amines) is 1. The molecule has 1 spiro atoms. The van der Waals surface area contributed by atoms with Gasteiger partial charge in [0.25, 0.3) is 0 Å². The highest BCUT2D eigenvalue weighted by Gasteiger charge is 2.44. The lowest BCUT2D eigenvalue weighted by Crippen LogP contribution is -2.47. The zero-order chi connectivity index (χ0) is 23.5. The number of carbonyl (C=O) groups is 2. The molecule has 1 aromatic heterocycles. The van der Waals surface area contributed by atoms with Gasteiger partial charge in [-0.3, -0.25) is 4.79 Å². The first kappa shape index (κ1) is 23.8. The van der Waals surface area contributed by atoms with Crippen LogP contribution < -0.4 is 0 Å². The summed E-state index contributed by atoms with van der Waals surface area (Å²) >= 11 is 1.33. The second kappa shape index (κ2) is 9.90. The molecule has 1 unspecified atom stereocenters. The number of piperidine rings is 1. The number of carbonyl (C=O) groups excluding carboxylic acids is 2. The number of nitrogens with zero attached hydrogens (tertiary/aromatic N) is 2. The molecule has 0 radical (unpaired) electrons. The molecule has 0 aliphatic carbocycles. The molecule has 1 aromatic carbocycles. The summed E-state index contributed by atoms with van der Waals surface area (Å²) in [5.41, 5.74) is 4.27. The quantitative estimate of drug-likeness (QED) is 0.476. The number of esters is 2. The first-order valence-corrected chi connectivity index (χ1v) is 11.9. The minimum Gasteiger partial charge on any atom is -0.386 e. The van der Waals surface area contributed by atoms with Gasteiger partial charge in [0.05, 0.1) is 22.7 Å². The van der Waals surface area contributed by atoms with Gasteiger partial charge in [0.15, 0.2) is 0 Å². The molecular weight excluding hydrogens is 457 g/mol. The Bertz CT molecular complexity index is 972. The van der Waals surface area contributed by atoms with E-state index in [0.717, 1.165) is 12.8 Å². The summed E-state index contributed by atoms with van der Waals surface area (Å²) in [7, 11) is 0. The molecular formula is C23H25F3N2O4S. The van der Waals surface area contributed by atoms with Crippen molar-refractivity contribution < 1.29 is 32.2 Å². The summed E-state index contributed by atoms with van der Waals surface area (Å²) in [6.07, 6.45) is -1.77. The first-order valence-electron chi connectivity index (χ1n) is 10.9. The van der Waals surface area contributed by atoms with Crippen molar-refractivity contribution in [2.75, 3.05) is 26.2 Å². The van der Waals surface area contributed by atoms with E-state index in [1.807, 2.05) is 17.0 Å². The summed E-state index contributed by atoms with van der Waals surface area (Å²) in [4.78, 5) is 29.9. The van der Waals surface area contributed by atoms with Gasteiger partial charge in [-0.2, -0.15) is 13.2 Å². The fourth-order valence-corrected chi connectivity index (χ4v) is 5.23. The minimum atomic E-state index is -5.22. The molecule has 1 atom stereocenters. The lowest BCUT2D eigenvalue weighted by atomic mass is 9.81. The van der Waals surface area contributed by atoms with E-state index in [9.17, 15) is 22.8 Å². The van der Waals surface area contributed by atoms with Crippen molar-refractivity contribution in [1.82, 2.24) is 9.88 Å². The number of fused-ring (bicyclic) bond motifs is 2. The van der Waals surface area contributed by atoms with Crippen LogP contribution in [0.4, 0.5) is 13.2 Å². The lowest BCUT2D eigenvalue weighted by Gasteiger charge is -2.42. The Morgan fingerprint density at radius 1 is 1.24 bits per heavy atom. The van der Waals surface area contributed by atoms with Gasteiger partial charge in [-0.25, -0.2) is 9.78 Å². The molecule has 178 valence electrons. The number of aromatic nitrogens is 1. The van der Waals surface area contributed by atoms with Crippen LogP contribution in [0.3, 0.4) is 0 Å². The van der Waals surface area contributed by atoms with Crippen LogP contribution in [0.5, 0.6) is 0 Å². The molecule has 1 fully saturated rings. The van der Waals surface area contributed by atoms with Gasteiger partial charge in [-0.1, -0.05) is 24.3 Å². The number of alkyl halides is 3. The van der Waals surface area contributed by atoms with E-state index in [2.05, 4.69) is 21.9 Å². The normalized spacial score (nSPS) is 19.5. The van der Waals surface area contributed by atoms with Crippen LogP contribution in [0, 0.1) is 5.92 Å². The highest BCUT2D eigenvalue weighted by Crippen LogP contribution is 2.41. The van der Waals surface area contributed by atoms with Crippen LogP contribution in [0.2, 0.25) is 0 Å². The van der Waals surface area contributed by atoms with E-state index in [0.29, 0.717) is 38.2 Å². The highest BCUT2D eigenvalue weighted by atomic mass is 32.1. The zero-order valence-electron chi connectivity index (χ0n) is 18.0. The predicted octanol–water partition coefficient (Wildman–Crippen LogP) is 3.89. The fraction of sp³-hybridized carbons (Fsp3) is 0.522. The molecule has 0 saturated carbocycles. The number of thiazole rings is 1. The molecule has 0 bridgehead atoms. The number of benzene rings is 1. The number of hydrogen-bond donors (Lipinski definition) is 0. The maximum atomic E-state index is 12.6. The van der Waals surface area contributed by atoms with Crippen LogP contribution in [0.15, 0.2) is 35.2 Å². The number of halogens is 3. The fourth-order valence-electron chi connectivity index (χ4n) is 4.66. The van der Waals surface area contributed by atoms with Gasteiger partial charge >= 0.3 is 18.1 Å². The summed E-state index contributed by atoms with van der Waals surface area (Å²) < 4.78 is 48.3. The Morgan fingerprint density at radius 3 is 2.70 bits per heavy atom. The zero-order valence-corrected chi connectivity index (χ0v) is 18.8. The average Bonchev–Trinajstić information content (AvgIpc) is 3.23. The van der Waals surface area contributed by atoms with Gasteiger partial charge in [0.1, 0.15) is 0 Å². The molecule has 2 aromatic rings. The third-order valence-electron chi connectivity index (χ3n) is 6.32. The minimum absolute atomic E-state index is 0.106. The van der Waals surface area contributed by atoms with Crippen molar-refractivity contribution in [3.05, 3.63) is 52.0 Å². The summed E-state index contributed by atoms with van der Waals surface area (Å²) in [6, 6.07) is 8.29. The predicted molar refractivity (Wildman–Crippen MR) is 115 cm³/mol. The smallest absolute Gasteiger partial charge is 0.386 e. The maximum Gasteiger partial charge on any atom is 0.491 e. The van der Waals surface area contributed by atoms with Gasteiger partial charge in [-0.05, 0) is 36.8 Å². The van der Waals surface area contributed by atoms with Crippen molar-refractivity contribution >= 4 is 23.3 Å². The molecule has 4 rings (SSSR count). The van der Waals surface area contributed by atoms with Gasteiger partial charge in [0, 0.05) is 38.0 Å². The molecule has 10 heteroatoms. The molecule has 2 aliphatic rings. The number of ether oxygens (including phenoxy) is 2. The van der Waals surface area contributed by atoms with Crippen molar-refractivity contribution in [3.8, 4) is 0 Å². The van der Waals surface area contributed by atoms with Crippen molar-refractivity contribution in [3.63, 3.8) is 0 Å². The Morgan fingerprint density at radius 2 is 2.00 bits per heavy atom. The van der Waals surface area contributed by atoms with Crippen LogP contribution in [0.1, 0.15) is 36.1 Å². The SMILES string of the molecule is O=C(OC(=O)C(F)(F)F)C(Cc1cscn1)CN1CCC2(CC1)OCCCc1ccccc12. The molecule has 2 aliphatic heterocycles. The number of rotatable bonds is 5. The van der Waals surface area contributed by atoms with Gasteiger partial charge in [-0.15, -0.1) is 11.3 Å². The monoisotopic (exact) mass is 482 g/mol. The van der Waals surface area contributed by atoms with E-state index < -0.39 is 24.0 Å². The summed E-state index contributed by atoms with van der Waals surface area (Å²) in [6.45, 7) is 2.08. The average molecular weight is 483 g/mol. The Kier molecular flexibility index (Phi) is 7.16. The van der Waals surface area contributed by atoms with Crippen molar-refractivity contribution in [1.29, 1.82) is 0 Å². The largest absolute Gasteiger partial charge is 0.491 e. The Labute approximate surface area is 193 Å². The molecule has 3 heterocycles. The maximum absolute atomic E-state index is 12.6. The second-order valence-corrected chi connectivity index (χ2v) is 9.21. The number of hydrogen-bond acceptors (Lipinski definition) is 7. The van der Waals surface area contributed by atoms with Crippen LogP contribution in [-0.2, 0) is 37.5 Å². The van der Waals surface area contributed by atoms with E-state index in [-0.39, 0.29) is 18.6 Å².